The molecule has 1 unspecified atom stereocenters. The summed E-state index contributed by atoms with van der Waals surface area (Å²) in [6, 6.07) is 0.604. The summed E-state index contributed by atoms with van der Waals surface area (Å²) in [5, 5.41) is 21.7. The Morgan fingerprint density at radius 2 is 2.22 bits per heavy atom. The standard InChI is InChI=1S/C17H19ClN4O4S/c1-8(7-23)20-17-19-6-11(18)14(21-17)13-5-10-12(27-13)3-4-22(15(10)24)9(2)16(25)26/h5-6,8-9,23H,3-4,7H2,1-2H3,(H,25,26)(H,19,20,21)/t8-,9?/m0/s1. The van der Waals surface area contributed by atoms with Crippen LogP contribution in [-0.4, -0.2) is 62.2 Å². The number of nitrogens with one attached hydrogen (secondary N) is 1. The van der Waals surface area contributed by atoms with Crippen LogP contribution in [0.15, 0.2) is 12.3 Å². The normalized spacial score (nSPS) is 16.0. The third kappa shape index (κ3) is 3.90. The van der Waals surface area contributed by atoms with Gasteiger partial charge >= 0.3 is 5.97 Å². The summed E-state index contributed by atoms with van der Waals surface area (Å²) in [5.74, 6) is -1.00. The Balaban J connectivity index is 1.93. The van der Waals surface area contributed by atoms with Crippen molar-refractivity contribution in [2.75, 3.05) is 18.5 Å². The van der Waals surface area contributed by atoms with E-state index >= 15 is 0 Å². The van der Waals surface area contributed by atoms with Gasteiger partial charge in [0.2, 0.25) is 5.95 Å². The number of carboxylic acids is 1. The molecule has 0 saturated heterocycles. The fourth-order valence-electron chi connectivity index (χ4n) is 2.77. The summed E-state index contributed by atoms with van der Waals surface area (Å²) < 4.78 is 0. The smallest absolute Gasteiger partial charge is 0.326 e. The van der Waals surface area contributed by atoms with E-state index in [2.05, 4.69) is 15.3 Å². The fraction of sp³-hybridized carbons (Fsp3) is 0.412. The van der Waals surface area contributed by atoms with Crippen molar-refractivity contribution in [3.63, 3.8) is 0 Å². The lowest BCUT2D eigenvalue weighted by Crippen LogP contribution is -2.46. The number of carboxylic acid groups (broad SMARTS) is 1. The molecule has 144 valence electrons. The van der Waals surface area contributed by atoms with Gasteiger partial charge in [0.25, 0.3) is 5.91 Å². The Bertz CT molecular complexity index is 888. The number of aliphatic carboxylic acids is 1. The minimum atomic E-state index is -1.03. The van der Waals surface area contributed by atoms with Crippen LogP contribution in [0.1, 0.15) is 29.1 Å². The summed E-state index contributed by atoms with van der Waals surface area (Å²) in [6.45, 7) is 3.58. The molecule has 0 fully saturated rings. The first kappa shape index (κ1) is 19.5. The van der Waals surface area contributed by atoms with Gasteiger partial charge in [0.05, 0.1) is 28.3 Å². The van der Waals surface area contributed by atoms with Crippen molar-refractivity contribution in [1.29, 1.82) is 0 Å². The Morgan fingerprint density at radius 1 is 1.48 bits per heavy atom. The molecule has 1 aliphatic rings. The number of hydrogen-bond donors (Lipinski definition) is 3. The highest BCUT2D eigenvalue weighted by molar-refractivity contribution is 7.16. The van der Waals surface area contributed by atoms with Crippen molar-refractivity contribution >= 4 is 40.8 Å². The van der Waals surface area contributed by atoms with Crippen LogP contribution in [0.4, 0.5) is 5.95 Å². The van der Waals surface area contributed by atoms with Crippen LogP contribution in [0.25, 0.3) is 10.6 Å². The van der Waals surface area contributed by atoms with Crippen molar-refractivity contribution in [1.82, 2.24) is 14.9 Å². The topological polar surface area (TPSA) is 116 Å². The number of nitrogens with zero attached hydrogens (tertiary/aromatic N) is 3. The zero-order valence-corrected chi connectivity index (χ0v) is 16.3. The molecule has 2 atom stereocenters. The predicted molar refractivity (Wildman–Crippen MR) is 102 cm³/mol. The molecule has 0 bridgehead atoms. The molecule has 3 N–H and O–H groups in total. The van der Waals surface area contributed by atoms with Crippen molar-refractivity contribution in [2.24, 2.45) is 0 Å². The third-order valence-corrected chi connectivity index (χ3v) is 5.81. The fourth-order valence-corrected chi connectivity index (χ4v) is 4.16. The molecule has 0 aliphatic carbocycles. The number of hydrogen-bond acceptors (Lipinski definition) is 7. The Hall–Kier alpha value is -2.23. The quantitative estimate of drug-likeness (QED) is 0.667. The molecule has 10 heteroatoms. The van der Waals surface area contributed by atoms with Gasteiger partial charge in [0.1, 0.15) is 11.7 Å². The zero-order chi connectivity index (χ0) is 19.7. The molecule has 0 saturated carbocycles. The molecule has 1 amide bonds. The van der Waals surface area contributed by atoms with Crippen molar-refractivity contribution < 1.29 is 19.8 Å². The molecule has 0 radical (unpaired) electrons. The van der Waals surface area contributed by atoms with Gasteiger partial charge in [0, 0.05) is 23.9 Å². The van der Waals surface area contributed by atoms with Gasteiger partial charge in [-0.2, -0.15) is 0 Å². The first-order chi connectivity index (χ1) is 12.8. The molecule has 3 rings (SSSR count). The van der Waals surface area contributed by atoms with Crippen molar-refractivity contribution in [3.05, 3.63) is 27.7 Å². The molecule has 27 heavy (non-hydrogen) atoms. The maximum Gasteiger partial charge on any atom is 0.326 e. The summed E-state index contributed by atoms with van der Waals surface area (Å²) >= 11 is 7.67. The zero-order valence-electron chi connectivity index (χ0n) is 14.8. The Kier molecular flexibility index (Phi) is 5.64. The Labute approximate surface area is 164 Å². The second-order valence-corrected chi connectivity index (χ2v) is 7.87. The van der Waals surface area contributed by atoms with E-state index in [9.17, 15) is 14.7 Å². The number of carbonyl (C=O) groups is 2. The molecular formula is C17H19ClN4O4S. The summed E-state index contributed by atoms with van der Waals surface area (Å²) in [5.41, 5.74) is 0.978. The van der Waals surface area contributed by atoms with Gasteiger partial charge in [0.15, 0.2) is 0 Å². The maximum absolute atomic E-state index is 12.7. The van der Waals surface area contributed by atoms with Crippen LogP contribution in [0.5, 0.6) is 0 Å². The second kappa shape index (κ2) is 7.79. The lowest BCUT2D eigenvalue weighted by molar-refractivity contribution is -0.141. The van der Waals surface area contributed by atoms with E-state index in [1.165, 1.54) is 29.4 Å². The van der Waals surface area contributed by atoms with E-state index in [1.54, 1.807) is 13.0 Å². The molecule has 0 aromatic carbocycles. The largest absolute Gasteiger partial charge is 0.480 e. The highest BCUT2D eigenvalue weighted by atomic mass is 35.5. The van der Waals surface area contributed by atoms with Gasteiger partial charge in [-0.1, -0.05) is 11.6 Å². The number of thiophene rings is 1. The molecule has 3 heterocycles. The minimum absolute atomic E-state index is 0.0687. The number of amides is 1. The summed E-state index contributed by atoms with van der Waals surface area (Å²) in [4.78, 5) is 35.4. The molecular weight excluding hydrogens is 392 g/mol. The number of halogens is 1. The highest BCUT2D eigenvalue weighted by Gasteiger charge is 2.33. The van der Waals surface area contributed by atoms with Crippen molar-refractivity contribution in [3.8, 4) is 10.6 Å². The number of anilines is 1. The first-order valence-electron chi connectivity index (χ1n) is 8.38. The predicted octanol–water partition coefficient (Wildman–Crippen LogP) is 2.12. The van der Waals surface area contributed by atoms with Crippen LogP contribution < -0.4 is 5.32 Å². The van der Waals surface area contributed by atoms with E-state index in [1.807, 2.05) is 0 Å². The van der Waals surface area contributed by atoms with E-state index in [0.29, 0.717) is 40.1 Å². The summed E-state index contributed by atoms with van der Waals surface area (Å²) in [6.07, 6.45) is 2.05. The molecule has 1 aliphatic heterocycles. The van der Waals surface area contributed by atoms with E-state index in [-0.39, 0.29) is 18.6 Å². The number of aliphatic hydroxyl groups excluding tert-OH is 1. The van der Waals surface area contributed by atoms with E-state index in [0.717, 1.165) is 4.88 Å². The van der Waals surface area contributed by atoms with Crippen LogP contribution in [0.2, 0.25) is 5.02 Å². The maximum atomic E-state index is 12.7. The van der Waals surface area contributed by atoms with Crippen LogP contribution in [0, 0.1) is 0 Å². The number of carbonyl (C=O) groups excluding carboxylic acids is 1. The SMILES string of the molecule is CC(C(=O)O)N1CCc2sc(-c3nc(N[C@@H](C)CO)ncc3Cl)cc2C1=O. The van der Waals surface area contributed by atoms with Crippen LogP contribution in [-0.2, 0) is 11.2 Å². The number of aromatic nitrogens is 2. The average Bonchev–Trinajstić information content (AvgIpc) is 3.07. The number of aliphatic hydroxyl groups is 1. The number of fused-ring (bicyclic) bond motifs is 1. The first-order valence-corrected chi connectivity index (χ1v) is 9.58. The molecule has 2 aromatic rings. The number of rotatable bonds is 6. The third-order valence-electron chi connectivity index (χ3n) is 4.33. The molecule has 2 aromatic heterocycles. The average molecular weight is 411 g/mol. The highest BCUT2D eigenvalue weighted by Crippen LogP contribution is 2.37. The van der Waals surface area contributed by atoms with Gasteiger partial charge in [-0.3, -0.25) is 4.79 Å². The van der Waals surface area contributed by atoms with Gasteiger partial charge in [-0.15, -0.1) is 11.3 Å². The van der Waals surface area contributed by atoms with Gasteiger partial charge in [-0.05, 0) is 19.9 Å². The van der Waals surface area contributed by atoms with Gasteiger partial charge < -0.3 is 20.4 Å². The van der Waals surface area contributed by atoms with Crippen LogP contribution >= 0.6 is 22.9 Å². The molecule has 8 nitrogen and oxygen atoms in total. The minimum Gasteiger partial charge on any atom is -0.480 e. The van der Waals surface area contributed by atoms with Crippen molar-refractivity contribution in [2.45, 2.75) is 32.4 Å². The lowest BCUT2D eigenvalue weighted by Gasteiger charge is -2.29. The van der Waals surface area contributed by atoms with Gasteiger partial charge in [-0.25, -0.2) is 14.8 Å². The van der Waals surface area contributed by atoms with Crippen LogP contribution in [0.3, 0.4) is 0 Å². The molecule has 0 spiro atoms. The monoisotopic (exact) mass is 410 g/mol. The lowest BCUT2D eigenvalue weighted by atomic mass is 10.1. The van der Waals surface area contributed by atoms with E-state index in [4.69, 9.17) is 16.7 Å². The summed E-state index contributed by atoms with van der Waals surface area (Å²) in [7, 11) is 0. The second-order valence-electron chi connectivity index (χ2n) is 6.33. The Morgan fingerprint density at radius 3 is 2.89 bits per heavy atom. The van der Waals surface area contributed by atoms with E-state index < -0.39 is 12.0 Å².